The number of nitrogen functional groups attached to an aromatic ring is 1. The van der Waals surface area contributed by atoms with Crippen LogP contribution in [0.3, 0.4) is 0 Å². The Morgan fingerprint density at radius 3 is 2.62 bits per heavy atom. The minimum absolute atomic E-state index is 0.101. The average molecular weight is 414 g/mol. The van der Waals surface area contributed by atoms with Crippen molar-refractivity contribution in [1.82, 2.24) is 19.8 Å². The molecule has 0 radical (unpaired) electrons. The first-order valence-electron chi connectivity index (χ1n) is 8.48. The van der Waals surface area contributed by atoms with Gasteiger partial charge in [-0.25, -0.2) is 4.68 Å². The molecule has 1 aromatic heterocycles. The second-order valence-corrected chi connectivity index (χ2v) is 8.31. The molecule has 2 heterocycles. The fourth-order valence-electron chi connectivity index (χ4n) is 3.34. The summed E-state index contributed by atoms with van der Waals surface area (Å²) in [7, 11) is 0. The topological polar surface area (TPSA) is 77.0 Å². The molecule has 2 atom stereocenters. The van der Waals surface area contributed by atoms with E-state index in [0.717, 1.165) is 12.8 Å². The molecule has 1 fully saturated rings. The van der Waals surface area contributed by atoms with E-state index in [0.29, 0.717) is 26.6 Å². The number of piperidine rings is 1. The number of nitrogens with two attached hydrogens (primary N) is 1. The van der Waals surface area contributed by atoms with Gasteiger partial charge in [0.05, 0.1) is 10.8 Å². The highest BCUT2D eigenvalue weighted by atomic mass is 35.5. The van der Waals surface area contributed by atoms with Crippen LogP contribution in [0, 0.1) is 0 Å². The van der Waals surface area contributed by atoms with Gasteiger partial charge in [0.2, 0.25) is 11.1 Å². The number of carbonyl (C=O) groups is 1. The third-order valence-corrected chi connectivity index (χ3v) is 6.12. The van der Waals surface area contributed by atoms with Crippen LogP contribution < -0.4 is 5.84 Å². The number of rotatable bonds is 4. The fourth-order valence-corrected chi connectivity index (χ4v) is 4.56. The first-order valence-corrected chi connectivity index (χ1v) is 10.2. The van der Waals surface area contributed by atoms with Crippen LogP contribution in [0.25, 0.3) is 11.4 Å². The summed E-state index contributed by atoms with van der Waals surface area (Å²) in [5.41, 5.74) is 0.641. The van der Waals surface area contributed by atoms with Crippen LogP contribution in [0.5, 0.6) is 0 Å². The Kier molecular flexibility index (Phi) is 5.99. The third-order valence-electron chi connectivity index (χ3n) is 4.64. The molecular formula is C17H21Cl2N5OS. The maximum absolute atomic E-state index is 12.6. The molecule has 0 bridgehead atoms. The Labute approximate surface area is 167 Å². The van der Waals surface area contributed by atoms with E-state index in [1.165, 1.54) is 22.9 Å². The molecule has 1 saturated heterocycles. The number of likely N-dealkylation sites (tertiary alicyclic amines) is 1. The molecule has 1 amide bonds. The maximum atomic E-state index is 12.6. The van der Waals surface area contributed by atoms with E-state index in [-0.39, 0.29) is 23.7 Å². The Bertz CT molecular complexity index is 802. The molecule has 9 heteroatoms. The van der Waals surface area contributed by atoms with Gasteiger partial charge in [-0.1, -0.05) is 35.0 Å². The lowest BCUT2D eigenvalue weighted by atomic mass is 9.98. The van der Waals surface area contributed by atoms with E-state index in [9.17, 15) is 4.79 Å². The lowest BCUT2D eigenvalue weighted by molar-refractivity contribution is -0.134. The Balaban J connectivity index is 1.71. The Morgan fingerprint density at radius 1 is 1.27 bits per heavy atom. The van der Waals surface area contributed by atoms with Crippen molar-refractivity contribution in [2.45, 2.75) is 50.4 Å². The van der Waals surface area contributed by atoms with E-state index >= 15 is 0 Å². The van der Waals surface area contributed by atoms with Gasteiger partial charge < -0.3 is 10.7 Å². The number of halogens is 2. The molecule has 1 aliphatic heterocycles. The first kappa shape index (κ1) is 19.3. The van der Waals surface area contributed by atoms with Gasteiger partial charge in [0, 0.05) is 22.7 Å². The molecule has 3 rings (SSSR count). The molecular weight excluding hydrogens is 393 g/mol. The highest BCUT2D eigenvalue weighted by Gasteiger charge is 2.29. The number of hydrogen-bond donors (Lipinski definition) is 1. The smallest absolute Gasteiger partial charge is 0.233 e. The van der Waals surface area contributed by atoms with Gasteiger partial charge in [-0.3, -0.25) is 4.79 Å². The van der Waals surface area contributed by atoms with E-state index in [1.807, 2.05) is 4.90 Å². The monoisotopic (exact) mass is 413 g/mol. The van der Waals surface area contributed by atoms with Crippen LogP contribution >= 0.6 is 35.0 Å². The largest absolute Gasteiger partial charge is 0.337 e. The average Bonchev–Trinajstić information content (AvgIpc) is 2.93. The maximum Gasteiger partial charge on any atom is 0.233 e. The van der Waals surface area contributed by atoms with Crippen molar-refractivity contribution in [2.75, 3.05) is 11.6 Å². The zero-order valence-electron chi connectivity index (χ0n) is 14.7. The van der Waals surface area contributed by atoms with Crippen molar-refractivity contribution >= 4 is 40.9 Å². The Hall–Kier alpha value is -1.44. The van der Waals surface area contributed by atoms with Crippen LogP contribution in [0.2, 0.25) is 10.0 Å². The number of benzene rings is 1. The highest BCUT2D eigenvalue weighted by molar-refractivity contribution is 7.99. The molecule has 0 spiro atoms. The molecule has 26 heavy (non-hydrogen) atoms. The molecule has 0 unspecified atom stereocenters. The van der Waals surface area contributed by atoms with Crippen molar-refractivity contribution in [3.63, 3.8) is 0 Å². The van der Waals surface area contributed by atoms with E-state index in [4.69, 9.17) is 29.0 Å². The van der Waals surface area contributed by atoms with E-state index in [1.54, 1.807) is 18.2 Å². The lowest BCUT2D eigenvalue weighted by Gasteiger charge is -2.39. The quantitative estimate of drug-likeness (QED) is 0.608. The minimum atomic E-state index is 0.101. The van der Waals surface area contributed by atoms with Gasteiger partial charge in [0.25, 0.3) is 0 Å². The summed E-state index contributed by atoms with van der Waals surface area (Å²) in [6.07, 6.45) is 3.27. The summed E-state index contributed by atoms with van der Waals surface area (Å²) in [4.78, 5) is 14.6. The predicted octanol–water partition coefficient (Wildman–Crippen LogP) is 3.85. The zero-order valence-corrected chi connectivity index (χ0v) is 17.0. The van der Waals surface area contributed by atoms with Crippen LogP contribution in [-0.4, -0.2) is 43.5 Å². The summed E-state index contributed by atoms with van der Waals surface area (Å²) in [6.45, 7) is 4.20. The lowest BCUT2D eigenvalue weighted by Crippen LogP contribution is -2.48. The SMILES string of the molecule is C[C@@H]1CCC[C@H](C)N1C(=O)CSc1nnc(-c2ccc(Cl)cc2Cl)n1N. The van der Waals surface area contributed by atoms with E-state index in [2.05, 4.69) is 24.0 Å². The minimum Gasteiger partial charge on any atom is -0.337 e. The van der Waals surface area contributed by atoms with Crippen LogP contribution in [-0.2, 0) is 4.79 Å². The standard InChI is InChI=1S/C17H21Cl2N5OS/c1-10-4-3-5-11(2)23(10)15(25)9-26-17-22-21-16(24(17)20)13-7-6-12(18)8-14(13)19/h6-8,10-11H,3-5,9,20H2,1-2H3/t10-,11+. The summed E-state index contributed by atoms with van der Waals surface area (Å²) < 4.78 is 1.36. The zero-order chi connectivity index (χ0) is 18.8. The van der Waals surface area contributed by atoms with Crippen molar-refractivity contribution < 1.29 is 4.79 Å². The van der Waals surface area contributed by atoms with Gasteiger partial charge in [-0.2, -0.15) is 0 Å². The molecule has 1 aromatic carbocycles. The summed E-state index contributed by atoms with van der Waals surface area (Å²) in [5, 5.41) is 9.66. The molecule has 2 N–H and O–H groups in total. The summed E-state index contributed by atoms with van der Waals surface area (Å²) >= 11 is 13.4. The first-order chi connectivity index (χ1) is 12.4. The summed E-state index contributed by atoms with van der Waals surface area (Å²) in [6, 6.07) is 5.63. The second kappa shape index (κ2) is 8.06. The molecule has 2 aromatic rings. The van der Waals surface area contributed by atoms with Gasteiger partial charge >= 0.3 is 0 Å². The molecule has 1 aliphatic rings. The number of carbonyl (C=O) groups excluding carboxylic acids is 1. The van der Waals surface area contributed by atoms with Crippen LogP contribution in [0.4, 0.5) is 0 Å². The second-order valence-electron chi connectivity index (χ2n) is 6.52. The van der Waals surface area contributed by atoms with Gasteiger partial charge in [0.1, 0.15) is 0 Å². The highest BCUT2D eigenvalue weighted by Crippen LogP contribution is 2.30. The van der Waals surface area contributed by atoms with Crippen molar-refractivity contribution in [1.29, 1.82) is 0 Å². The third kappa shape index (κ3) is 3.94. The number of aromatic nitrogens is 3. The number of nitrogens with zero attached hydrogens (tertiary/aromatic N) is 4. The van der Waals surface area contributed by atoms with Gasteiger partial charge in [-0.15, -0.1) is 10.2 Å². The van der Waals surface area contributed by atoms with Gasteiger partial charge in [-0.05, 0) is 51.3 Å². The number of thioether (sulfide) groups is 1. The van der Waals surface area contributed by atoms with Crippen molar-refractivity contribution in [3.05, 3.63) is 28.2 Å². The molecule has 0 saturated carbocycles. The normalized spacial score (nSPS) is 20.4. The van der Waals surface area contributed by atoms with Crippen molar-refractivity contribution in [2.24, 2.45) is 0 Å². The molecule has 140 valence electrons. The van der Waals surface area contributed by atoms with Crippen molar-refractivity contribution in [3.8, 4) is 11.4 Å². The van der Waals surface area contributed by atoms with Gasteiger partial charge in [0.15, 0.2) is 5.82 Å². The van der Waals surface area contributed by atoms with E-state index < -0.39 is 0 Å². The molecule has 0 aliphatic carbocycles. The van der Waals surface area contributed by atoms with Crippen LogP contribution in [0.15, 0.2) is 23.4 Å². The fraction of sp³-hybridized carbons (Fsp3) is 0.471. The predicted molar refractivity (Wildman–Crippen MR) is 106 cm³/mol. The molecule has 6 nitrogen and oxygen atoms in total. The number of hydrogen-bond acceptors (Lipinski definition) is 5. The summed E-state index contributed by atoms with van der Waals surface area (Å²) in [5.74, 6) is 6.92. The number of amides is 1. The Morgan fingerprint density at radius 2 is 1.96 bits per heavy atom. The van der Waals surface area contributed by atoms with Crippen LogP contribution in [0.1, 0.15) is 33.1 Å².